The molecule has 0 radical (unpaired) electrons. The number of rotatable bonds is 13. The molecule has 5 aliphatic carbocycles. The van der Waals surface area contributed by atoms with Crippen molar-refractivity contribution in [2.75, 3.05) is 26.3 Å². The highest BCUT2D eigenvalue weighted by Gasteiger charge is 2.85. The molecule has 15 heteroatoms. The van der Waals surface area contributed by atoms with Crippen LogP contribution >= 0.6 is 0 Å². The van der Waals surface area contributed by atoms with Gasteiger partial charge >= 0.3 is 0 Å². The first-order valence-electron chi connectivity index (χ1n) is 22.6. The van der Waals surface area contributed by atoms with Crippen molar-refractivity contribution < 1.29 is 36.8 Å². The molecule has 13 nitrogen and oxygen atoms in total. The van der Waals surface area contributed by atoms with Crippen molar-refractivity contribution in [1.29, 1.82) is 0 Å². The molecule has 1 unspecified atom stereocenters. The molecule has 6 fully saturated rings. The fraction of sp³-hybridized carbons (Fsp3) is 0.841. The van der Waals surface area contributed by atoms with Crippen molar-refractivity contribution in [3.8, 4) is 0 Å². The Bertz CT molecular complexity index is 1800. The Morgan fingerprint density at radius 3 is 2.10 bits per heavy atom. The van der Waals surface area contributed by atoms with Gasteiger partial charge in [0, 0.05) is 18.5 Å². The number of nitrogens with zero attached hydrogens (tertiary/aromatic N) is 2. The maximum Gasteiger partial charge on any atom is 0.259 e. The minimum Gasteiger partial charge on any atom is -0.343 e. The summed E-state index contributed by atoms with van der Waals surface area (Å²) in [6.45, 7) is 10.6. The van der Waals surface area contributed by atoms with Gasteiger partial charge in [0.25, 0.3) is 5.91 Å². The van der Waals surface area contributed by atoms with Gasteiger partial charge < -0.3 is 20.9 Å². The maximum atomic E-state index is 15.3. The number of piperidine rings is 1. The number of hydrogen-bond donors (Lipinski definition) is 4. The number of allylic oxidation sites excluding steroid dienone is 1. The van der Waals surface area contributed by atoms with Gasteiger partial charge in [-0.15, -0.1) is 0 Å². The van der Waals surface area contributed by atoms with Gasteiger partial charge in [-0.3, -0.25) is 33.6 Å². The normalized spacial score (nSPS) is 31.5. The van der Waals surface area contributed by atoms with Crippen LogP contribution in [0.25, 0.3) is 0 Å². The minimum absolute atomic E-state index is 0.0273. The van der Waals surface area contributed by atoms with E-state index in [0.717, 1.165) is 64.2 Å². The molecular formula is C44H69FN6O7S. The lowest BCUT2D eigenvalue weighted by Crippen LogP contribution is -2.65. The summed E-state index contributed by atoms with van der Waals surface area (Å²) in [6, 6.07) is -3.43. The second kappa shape index (κ2) is 16.3. The average Bonchev–Trinajstić information content (AvgIpc) is 4.05. The highest BCUT2D eigenvalue weighted by molar-refractivity contribution is 7.91. The third kappa shape index (κ3) is 7.97. The molecule has 2 saturated heterocycles. The van der Waals surface area contributed by atoms with Gasteiger partial charge in [-0.25, -0.2) is 12.8 Å². The Kier molecular flexibility index (Phi) is 12.2. The average molecular weight is 845 g/mol. The number of amides is 5. The van der Waals surface area contributed by atoms with E-state index in [4.69, 9.17) is 0 Å². The van der Waals surface area contributed by atoms with Gasteiger partial charge in [0.05, 0.1) is 11.3 Å². The summed E-state index contributed by atoms with van der Waals surface area (Å²) < 4.78 is 41.7. The summed E-state index contributed by atoms with van der Waals surface area (Å²) >= 11 is 0. The monoisotopic (exact) mass is 844 g/mol. The molecule has 4 saturated carbocycles. The molecule has 59 heavy (non-hydrogen) atoms. The van der Waals surface area contributed by atoms with Crippen molar-refractivity contribution in [2.24, 2.45) is 27.6 Å². The number of carbonyl (C=O) groups is 5. The smallest absolute Gasteiger partial charge is 0.259 e. The predicted octanol–water partition coefficient (Wildman–Crippen LogP) is 4.41. The number of fused-ring (bicyclic) bond motifs is 1. The first-order chi connectivity index (χ1) is 27.8. The van der Waals surface area contributed by atoms with Crippen LogP contribution in [0, 0.1) is 27.6 Å². The number of sulfonamides is 1. The summed E-state index contributed by atoms with van der Waals surface area (Å²) in [5.74, 6) is -2.51. The van der Waals surface area contributed by atoms with E-state index < -0.39 is 80.7 Å². The molecule has 2 heterocycles. The first-order valence-corrected chi connectivity index (χ1v) is 24.1. The molecule has 0 aromatic carbocycles. The van der Waals surface area contributed by atoms with E-state index in [2.05, 4.69) is 34.5 Å². The molecule has 5 amide bonds. The summed E-state index contributed by atoms with van der Waals surface area (Å²) in [6.07, 6.45) is 15.7. The second-order valence-electron chi connectivity index (χ2n) is 20.7. The van der Waals surface area contributed by atoms with E-state index in [1.54, 1.807) is 11.0 Å². The highest BCUT2D eigenvalue weighted by Crippen LogP contribution is 2.88. The molecule has 0 aromatic heterocycles. The molecule has 2 aliphatic heterocycles. The molecule has 0 bridgehead atoms. The number of likely N-dealkylation sites (tertiary alicyclic amines) is 2. The van der Waals surface area contributed by atoms with Crippen molar-refractivity contribution in [2.45, 2.75) is 179 Å². The zero-order valence-corrected chi connectivity index (χ0v) is 36.8. The van der Waals surface area contributed by atoms with Gasteiger partial charge in [-0.2, -0.15) is 0 Å². The van der Waals surface area contributed by atoms with Gasteiger partial charge in [0.2, 0.25) is 33.7 Å². The molecule has 7 rings (SSSR count). The van der Waals surface area contributed by atoms with Gasteiger partial charge in [0.15, 0.2) is 0 Å². The zero-order valence-electron chi connectivity index (χ0n) is 36.0. The lowest BCUT2D eigenvalue weighted by molar-refractivity contribution is -0.146. The van der Waals surface area contributed by atoms with E-state index in [9.17, 15) is 32.0 Å². The Balaban J connectivity index is 1.16. The lowest BCUT2D eigenvalue weighted by Gasteiger charge is -2.39. The Morgan fingerprint density at radius 2 is 1.53 bits per heavy atom. The molecule has 2 spiro atoms. The SMILES string of the molecule is CC(C)(C)[C@H](NC(=O)[C@@H](NC(=O)C1CCCCN1CCF)C1CCCCC1)C(=O)N1C[C@]2(C[C@H]1C(=O)N[C@]1(C(=O)NS(=O)(=O)C3CC3)CC=CCC1)C(C)(C)C21CCC1. The van der Waals surface area contributed by atoms with E-state index in [-0.39, 0.29) is 47.5 Å². The maximum absolute atomic E-state index is 15.3. The van der Waals surface area contributed by atoms with Crippen LogP contribution in [-0.4, -0.2) is 109 Å². The van der Waals surface area contributed by atoms with E-state index in [1.807, 2.05) is 31.7 Å². The standard InChI is InChI=1S/C44H69FN6O7S/c1-40(2,3)34(47-37(54)33(29-15-8-6-9-16-29)46-35(52)31-17-10-13-25-50(31)26-24-45)38(55)51-28-44(41(4,5)43(44)22-14-23-43)27-32(51)36(53)48-42(20-11-7-12-21-42)39(56)49-59(57,58)30-18-19-30/h7,11,29-34H,6,8-10,12-28H2,1-5H3,(H,46,52)(H,47,54)(H,48,53)(H,49,56)/t31?,32-,33-,34+,42+,44+/m0/s1. The fourth-order valence-corrected chi connectivity index (χ4v) is 13.5. The second-order valence-corrected chi connectivity index (χ2v) is 22.7. The Labute approximate surface area is 350 Å². The number of carbonyl (C=O) groups excluding carboxylic acids is 5. The third-order valence-electron chi connectivity index (χ3n) is 16.2. The summed E-state index contributed by atoms with van der Waals surface area (Å²) in [7, 11) is -3.89. The van der Waals surface area contributed by atoms with Crippen molar-refractivity contribution in [3.63, 3.8) is 0 Å². The molecular weight excluding hydrogens is 776 g/mol. The van der Waals surface area contributed by atoms with Gasteiger partial charge in [-0.1, -0.05) is 78.9 Å². The first kappa shape index (κ1) is 44.0. The lowest BCUT2D eigenvalue weighted by atomic mass is 9.73. The highest BCUT2D eigenvalue weighted by atomic mass is 32.2. The van der Waals surface area contributed by atoms with Crippen molar-refractivity contribution >= 4 is 39.6 Å². The van der Waals surface area contributed by atoms with Crippen LogP contribution in [-0.2, 0) is 34.0 Å². The van der Waals surface area contributed by atoms with Crippen LogP contribution in [0.1, 0.15) is 144 Å². The molecule has 0 aromatic rings. The third-order valence-corrected chi connectivity index (χ3v) is 18.0. The number of halogens is 1. The van der Waals surface area contributed by atoms with Crippen molar-refractivity contribution in [1.82, 2.24) is 30.5 Å². The Morgan fingerprint density at radius 1 is 0.831 bits per heavy atom. The van der Waals surface area contributed by atoms with E-state index in [1.165, 1.54) is 0 Å². The molecule has 330 valence electrons. The number of hydrogen-bond acceptors (Lipinski definition) is 8. The molecule has 7 aliphatic rings. The van der Waals surface area contributed by atoms with Crippen LogP contribution < -0.4 is 20.7 Å². The summed E-state index contributed by atoms with van der Waals surface area (Å²) in [4.78, 5) is 76.1. The van der Waals surface area contributed by atoms with Gasteiger partial charge in [0.1, 0.15) is 30.3 Å². The van der Waals surface area contributed by atoms with Crippen LogP contribution in [0.15, 0.2) is 12.2 Å². The number of nitrogens with one attached hydrogen (secondary N) is 4. The van der Waals surface area contributed by atoms with Crippen LogP contribution in [0.2, 0.25) is 0 Å². The number of alkyl halides is 1. The van der Waals surface area contributed by atoms with Crippen LogP contribution in [0.3, 0.4) is 0 Å². The fourth-order valence-electron chi connectivity index (χ4n) is 12.1. The largest absolute Gasteiger partial charge is 0.343 e. The minimum atomic E-state index is -3.89. The summed E-state index contributed by atoms with van der Waals surface area (Å²) in [5, 5.41) is 8.61. The molecule has 6 atom stereocenters. The van der Waals surface area contributed by atoms with Crippen LogP contribution in [0.5, 0.6) is 0 Å². The van der Waals surface area contributed by atoms with Crippen LogP contribution in [0.4, 0.5) is 4.39 Å². The van der Waals surface area contributed by atoms with Crippen molar-refractivity contribution in [3.05, 3.63) is 12.2 Å². The predicted molar refractivity (Wildman–Crippen MR) is 222 cm³/mol. The van der Waals surface area contributed by atoms with Gasteiger partial charge in [-0.05, 0) is 106 Å². The summed E-state index contributed by atoms with van der Waals surface area (Å²) in [5.41, 5.74) is -2.83. The topological polar surface area (TPSA) is 174 Å². The van der Waals surface area contributed by atoms with E-state index in [0.29, 0.717) is 45.2 Å². The Hall–Kier alpha value is -3.07. The molecule has 4 N–H and O–H groups in total. The zero-order chi connectivity index (χ0) is 42.6. The van der Waals surface area contributed by atoms with E-state index >= 15 is 4.79 Å². The quantitative estimate of drug-likeness (QED) is 0.198.